The van der Waals surface area contributed by atoms with Gasteiger partial charge in [-0.25, -0.2) is 0 Å². The molecule has 14 heavy (non-hydrogen) atoms. The molecule has 0 unspecified atom stereocenters. The summed E-state index contributed by atoms with van der Waals surface area (Å²) in [5, 5.41) is 0. The van der Waals surface area contributed by atoms with Crippen LogP contribution in [-0.4, -0.2) is 18.5 Å². The van der Waals surface area contributed by atoms with E-state index in [0.717, 1.165) is 11.1 Å². The van der Waals surface area contributed by atoms with E-state index in [2.05, 4.69) is 36.4 Å². The topological polar surface area (TPSA) is 18.5 Å². The van der Waals surface area contributed by atoms with Crippen molar-refractivity contribution in [2.45, 2.75) is 39.6 Å². The average molecular weight is 263 g/mol. The third-order valence-corrected chi connectivity index (χ3v) is 3.38. The van der Waals surface area contributed by atoms with Gasteiger partial charge in [-0.1, -0.05) is 36.4 Å². The highest BCUT2D eigenvalue weighted by Crippen LogP contribution is 2.33. The molecule has 1 aliphatic rings. The maximum atomic E-state index is 5.90. The molecule has 1 heterocycles. The Bertz CT molecular complexity index is 225. The first-order chi connectivity index (χ1) is 6.33. The van der Waals surface area contributed by atoms with E-state index in [-0.39, 0.29) is 6.10 Å². The molecule has 1 aliphatic heterocycles. The number of hydrogen-bond acceptors (Lipinski definition) is 2. The molecule has 0 N–H and O–H groups in total. The fourth-order valence-electron chi connectivity index (χ4n) is 1.68. The minimum Gasteiger partial charge on any atom is -0.350 e. The van der Waals surface area contributed by atoms with Gasteiger partial charge in [-0.05, 0) is 18.3 Å². The van der Waals surface area contributed by atoms with Crippen molar-refractivity contribution < 1.29 is 9.47 Å². The van der Waals surface area contributed by atoms with Crippen LogP contribution >= 0.6 is 15.9 Å². The van der Waals surface area contributed by atoms with Crippen LogP contribution in [0.5, 0.6) is 0 Å². The van der Waals surface area contributed by atoms with E-state index >= 15 is 0 Å². The molecule has 3 atom stereocenters. The maximum absolute atomic E-state index is 5.90. The van der Waals surface area contributed by atoms with E-state index < -0.39 is 5.79 Å². The summed E-state index contributed by atoms with van der Waals surface area (Å²) in [5.74, 6) is 0.258. The zero-order valence-electron chi connectivity index (χ0n) is 9.34. The van der Waals surface area contributed by atoms with Crippen molar-refractivity contribution in [2.75, 3.05) is 6.61 Å². The van der Waals surface area contributed by atoms with E-state index in [1.165, 1.54) is 0 Å². The van der Waals surface area contributed by atoms with Crippen LogP contribution in [0.3, 0.4) is 0 Å². The largest absolute Gasteiger partial charge is 0.350 e. The van der Waals surface area contributed by atoms with Gasteiger partial charge in [0.25, 0.3) is 0 Å². The summed E-state index contributed by atoms with van der Waals surface area (Å²) < 4.78 is 12.5. The molecule has 1 fully saturated rings. The number of halogens is 1. The molecule has 0 spiro atoms. The van der Waals surface area contributed by atoms with E-state index in [0.29, 0.717) is 11.8 Å². The second kappa shape index (κ2) is 4.33. The molecule has 3 heteroatoms. The van der Waals surface area contributed by atoms with Gasteiger partial charge in [-0.15, -0.1) is 0 Å². The van der Waals surface area contributed by atoms with Gasteiger partial charge in [-0.3, -0.25) is 0 Å². The van der Waals surface area contributed by atoms with Crippen LogP contribution in [0.1, 0.15) is 27.7 Å². The maximum Gasteiger partial charge on any atom is 0.163 e. The lowest BCUT2D eigenvalue weighted by atomic mass is 9.92. The standard InChI is InChI=1S/C11H19BrO2/c1-7-6-13-11(4,5)14-10(7)8(2)9(3)12/h7-8,10H,3,6H2,1-2,4-5H3/t7-,8+,10-/m0/s1. The molecule has 82 valence electrons. The molecule has 0 radical (unpaired) electrons. The lowest BCUT2D eigenvalue weighted by Gasteiger charge is -2.42. The van der Waals surface area contributed by atoms with Crippen LogP contribution in [-0.2, 0) is 9.47 Å². The molecule has 0 aromatic carbocycles. The van der Waals surface area contributed by atoms with E-state index in [1.807, 2.05) is 13.8 Å². The molecule has 1 saturated heterocycles. The average Bonchev–Trinajstić information content (AvgIpc) is 2.08. The molecule has 0 amide bonds. The Hall–Kier alpha value is 0.140. The molecule has 0 aliphatic carbocycles. The van der Waals surface area contributed by atoms with Crippen molar-refractivity contribution in [3.63, 3.8) is 0 Å². The van der Waals surface area contributed by atoms with Crippen LogP contribution < -0.4 is 0 Å². The SMILES string of the molecule is C=C(Br)[C@@H](C)[C@H]1OC(C)(C)OC[C@@H]1C. The number of hydrogen-bond donors (Lipinski definition) is 0. The van der Waals surface area contributed by atoms with E-state index in [9.17, 15) is 0 Å². The highest BCUT2D eigenvalue weighted by molar-refractivity contribution is 9.11. The van der Waals surface area contributed by atoms with Gasteiger partial charge in [0.2, 0.25) is 0 Å². The van der Waals surface area contributed by atoms with Crippen molar-refractivity contribution in [3.8, 4) is 0 Å². The van der Waals surface area contributed by atoms with Gasteiger partial charge in [0.05, 0.1) is 12.7 Å². The Labute approximate surface area is 94.8 Å². The first kappa shape index (κ1) is 12.2. The molecule has 0 aromatic rings. The molecule has 1 rings (SSSR count). The van der Waals surface area contributed by atoms with Crippen molar-refractivity contribution in [2.24, 2.45) is 11.8 Å². The van der Waals surface area contributed by atoms with Gasteiger partial charge in [0.1, 0.15) is 0 Å². The Morgan fingerprint density at radius 2 is 2.14 bits per heavy atom. The van der Waals surface area contributed by atoms with Crippen LogP contribution in [0.4, 0.5) is 0 Å². The first-order valence-corrected chi connectivity index (χ1v) is 5.79. The quantitative estimate of drug-likeness (QED) is 0.760. The zero-order valence-corrected chi connectivity index (χ0v) is 10.9. The van der Waals surface area contributed by atoms with Gasteiger partial charge in [0.15, 0.2) is 5.79 Å². The zero-order chi connectivity index (χ0) is 10.9. The fraction of sp³-hybridized carbons (Fsp3) is 0.818. The second-order valence-electron chi connectivity index (χ2n) is 4.51. The second-order valence-corrected chi connectivity index (χ2v) is 5.52. The van der Waals surface area contributed by atoms with E-state index in [4.69, 9.17) is 9.47 Å². The summed E-state index contributed by atoms with van der Waals surface area (Å²) in [4.78, 5) is 0. The molecule has 2 nitrogen and oxygen atoms in total. The number of ether oxygens (including phenoxy) is 2. The summed E-state index contributed by atoms with van der Waals surface area (Å²) in [6.45, 7) is 12.8. The van der Waals surface area contributed by atoms with Gasteiger partial charge < -0.3 is 9.47 Å². The smallest absolute Gasteiger partial charge is 0.163 e. The number of rotatable bonds is 2. The molecular formula is C11H19BrO2. The predicted molar refractivity (Wildman–Crippen MR) is 61.3 cm³/mol. The summed E-state index contributed by atoms with van der Waals surface area (Å²) >= 11 is 3.43. The third kappa shape index (κ3) is 2.81. The van der Waals surface area contributed by atoms with Crippen molar-refractivity contribution >= 4 is 15.9 Å². The van der Waals surface area contributed by atoms with Crippen LogP contribution in [0, 0.1) is 11.8 Å². The van der Waals surface area contributed by atoms with Crippen molar-refractivity contribution in [1.82, 2.24) is 0 Å². The lowest BCUT2D eigenvalue weighted by Crippen LogP contribution is -2.47. The summed E-state index contributed by atoms with van der Waals surface area (Å²) in [7, 11) is 0. The van der Waals surface area contributed by atoms with Gasteiger partial charge in [-0.2, -0.15) is 0 Å². The summed E-state index contributed by atoms with van der Waals surface area (Å²) in [5.41, 5.74) is 0. The highest BCUT2D eigenvalue weighted by Gasteiger charge is 2.37. The Kier molecular flexibility index (Phi) is 3.78. The Morgan fingerprint density at radius 1 is 1.57 bits per heavy atom. The summed E-state index contributed by atoms with van der Waals surface area (Å²) in [6.07, 6.45) is 0.186. The highest BCUT2D eigenvalue weighted by atomic mass is 79.9. The van der Waals surface area contributed by atoms with Crippen molar-refractivity contribution in [3.05, 3.63) is 11.1 Å². The van der Waals surface area contributed by atoms with Gasteiger partial charge in [0, 0.05) is 11.8 Å². The van der Waals surface area contributed by atoms with Crippen molar-refractivity contribution in [1.29, 1.82) is 0 Å². The molecule has 0 saturated carbocycles. The first-order valence-electron chi connectivity index (χ1n) is 4.99. The van der Waals surface area contributed by atoms with E-state index in [1.54, 1.807) is 0 Å². The lowest BCUT2D eigenvalue weighted by molar-refractivity contribution is -0.296. The monoisotopic (exact) mass is 262 g/mol. The van der Waals surface area contributed by atoms with Gasteiger partial charge >= 0.3 is 0 Å². The molecule has 0 aromatic heterocycles. The van der Waals surface area contributed by atoms with Crippen LogP contribution in [0.2, 0.25) is 0 Å². The van der Waals surface area contributed by atoms with Crippen LogP contribution in [0.25, 0.3) is 0 Å². The fourth-order valence-corrected chi connectivity index (χ4v) is 1.94. The Morgan fingerprint density at radius 3 is 2.64 bits per heavy atom. The minimum atomic E-state index is -0.464. The molecule has 0 bridgehead atoms. The summed E-state index contributed by atoms with van der Waals surface area (Å²) in [6, 6.07) is 0. The van der Waals surface area contributed by atoms with Crippen LogP contribution in [0.15, 0.2) is 11.1 Å². The minimum absolute atomic E-state index is 0.186. The Balaban J connectivity index is 2.70. The third-order valence-electron chi connectivity index (χ3n) is 2.66. The molecular weight excluding hydrogens is 244 g/mol. The predicted octanol–water partition coefficient (Wildman–Crippen LogP) is 3.32. The normalized spacial score (nSPS) is 33.8.